The number of unbranched alkanes of at least 4 members (excludes halogenated alkanes) is 1. The normalized spacial score (nSPS) is 22.6. The van der Waals surface area contributed by atoms with E-state index >= 15 is 0 Å². The Kier molecular flexibility index (Phi) is 5.58. The Balaban J connectivity index is 2.28. The molecule has 1 aliphatic rings. The van der Waals surface area contributed by atoms with E-state index in [9.17, 15) is 4.79 Å². The van der Waals surface area contributed by atoms with Crippen molar-refractivity contribution in [3.05, 3.63) is 12.7 Å². The van der Waals surface area contributed by atoms with Crippen LogP contribution in [0.3, 0.4) is 0 Å². The maximum absolute atomic E-state index is 11.7. The van der Waals surface area contributed by atoms with E-state index in [1.807, 2.05) is 6.08 Å². The third-order valence-electron chi connectivity index (χ3n) is 2.79. The van der Waals surface area contributed by atoms with Crippen molar-refractivity contribution in [2.24, 2.45) is 0 Å². The van der Waals surface area contributed by atoms with Crippen LogP contribution >= 0.6 is 0 Å². The minimum absolute atomic E-state index is 0.191. The molecule has 1 fully saturated rings. The monoisotopic (exact) mass is 211 g/mol. The first-order valence-electron chi connectivity index (χ1n) is 5.75. The lowest BCUT2D eigenvalue weighted by molar-refractivity contribution is -0.136. The van der Waals surface area contributed by atoms with E-state index in [2.05, 4.69) is 18.4 Å². The molecule has 0 saturated carbocycles. The van der Waals surface area contributed by atoms with Crippen molar-refractivity contribution < 1.29 is 9.53 Å². The maximum atomic E-state index is 11.7. The van der Waals surface area contributed by atoms with Gasteiger partial charge < -0.3 is 4.74 Å². The molecule has 0 aromatic heterocycles. The molecule has 1 atom stereocenters. The molecular weight excluding hydrogens is 190 g/mol. The lowest BCUT2D eigenvalue weighted by Gasteiger charge is -2.31. The number of ether oxygens (including phenoxy) is 1. The number of nitrogens with zero attached hydrogens (tertiary/aromatic N) is 1. The van der Waals surface area contributed by atoms with Gasteiger partial charge >= 0.3 is 0 Å². The third kappa shape index (κ3) is 4.14. The van der Waals surface area contributed by atoms with Gasteiger partial charge in [0.15, 0.2) is 5.78 Å². The SMILES string of the molecule is C=CCCCC(=O)C1CN(CC)CCO1. The van der Waals surface area contributed by atoms with Crippen molar-refractivity contribution in [2.75, 3.05) is 26.2 Å². The van der Waals surface area contributed by atoms with Crippen LogP contribution in [0, 0.1) is 0 Å². The molecule has 1 saturated heterocycles. The van der Waals surface area contributed by atoms with Crippen molar-refractivity contribution in [3.63, 3.8) is 0 Å². The predicted octanol–water partition coefficient (Wildman–Crippen LogP) is 1.63. The smallest absolute Gasteiger partial charge is 0.162 e. The molecule has 0 bridgehead atoms. The fourth-order valence-electron chi connectivity index (χ4n) is 1.77. The van der Waals surface area contributed by atoms with Gasteiger partial charge in [0.1, 0.15) is 6.10 Å². The van der Waals surface area contributed by atoms with Crippen molar-refractivity contribution in [1.29, 1.82) is 0 Å². The first-order chi connectivity index (χ1) is 7.27. The van der Waals surface area contributed by atoms with Crippen molar-refractivity contribution in [1.82, 2.24) is 4.90 Å². The second-order valence-electron chi connectivity index (χ2n) is 3.90. The fourth-order valence-corrected chi connectivity index (χ4v) is 1.77. The standard InChI is InChI=1S/C12H21NO2/c1-3-5-6-7-11(14)12-10-13(4-2)8-9-15-12/h3,12H,1,4-10H2,2H3. The van der Waals surface area contributed by atoms with Crippen LogP contribution in [0.5, 0.6) is 0 Å². The zero-order valence-electron chi connectivity index (χ0n) is 9.58. The van der Waals surface area contributed by atoms with E-state index in [0.717, 1.165) is 32.5 Å². The van der Waals surface area contributed by atoms with E-state index in [4.69, 9.17) is 4.74 Å². The molecule has 0 N–H and O–H groups in total. The molecule has 0 amide bonds. The average Bonchev–Trinajstić information content (AvgIpc) is 2.29. The van der Waals surface area contributed by atoms with Gasteiger partial charge in [0.2, 0.25) is 0 Å². The minimum atomic E-state index is -0.191. The van der Waals surface area contributed by atoms with Gasteiger partial charge in [0.05, 0.1) is 6.61 Å². The predicted molar refractivity (Wildman–Crippen MR) is 60.9 cm³/mol. The highest BCUT2D eigenvalue weighted by Crippen LogP contribution is 2.09. The Hall–Kier alpha value is -0.670. The summed E-state index contributed by atoms with van der Waals surface area (Å²) in [7, 11) is 0. The lowest BCUT2D eigenvalue weighted by atomic mass is 10.1. The summed E-state index contributed by atoms with van der Waals surface area (Å²) in [5.74, 6) is 0.245. The Bertz CT molecular complexity index is 216. The molecule has 3 nitrogen and oxygen atoms in total. The molecule has 86 valence electrons. The van der Waals surface area contributed by atoms with E-state index in [1.165, 1.54) is 0 Å². The summed E-state index contributed by atoms with van der Waals surface area (Å²) in [4.78, 5) is 14.0. The summed E-state index contributed by atoms with van der Waals surface area (Å²) in [6.45, 7) is 9.16. The molecule has 1 heterocycles. The van der Waals surface area contributed by atoms with Gasteiger partial charge in [-0.15, -0.1) is 6.58 Å². The zero-order valence-corrected chi connectivity index (χ0v) is 9.58. The first-order valence-corrected chi connectivity index (χ1v) is 5.75. The second-order valence-corrected chi connectivity index (χ2v) is 3.90. The first kappa shape index (κ1) is 12.4. The number of likely N-dealkylation sites (N-methyl/N-ethyl adjacent to an activating group) is 1. The van der Waals surface area contributed by atoms with E-state index < -0.39 is 0 Å². The van der Waals surface area contributed by atoms with Crippen LogP contribution in [-0.2, 0) is 9.53 Å². The molecular formula is C12H21NO2. The van der Waals surface area contributed by atoms with Gasteiger partial charge in [-0.2, -0.15) is 0 Å². The molecule has 3 heteroatoms. The van der Waals surface area contributed by atoms with Gasteiger partial charge in [0.25, 0.3) is 0 Å². The molecule has 15 heavy (non-hydrogen) atoms. The molecule has 1 aliphatic heterocycles. The topological polar surface area (TPSA) is 29.5 Å². The zero-order chi connectivity index (χ0) is 11.1. The van der Waals surface area contributed by atoms with Crippen LogP contribution in [0.1, 0.15) is 26.2 Å². The molecule has 0 aromatic carbocycles. The van der Waals surface area contributed by atoms with Crippen LogP contribution in [0.15, 0.2) is 12.7 Å². The summed E-state index contributed by atoms with van der Waals surface area (Å²) >= 11 is 0. The van der Waals surface area contributed by atoms with Gasteiger partial charge in [-0.1, -0.05) is 13.0 Å². The van der Waals surface area contributed by atoms with Gasteiger partial charge in [0, 0.05) is 19.5 Å². The lowest BCUT2D eigenvalue weighted by Crippen LogP contribution is -2.45. The maximum Gasteiger partial charge on any atom is 0.162 e. The van der Waals surface area contributed by atoms with E-state index in [-0.39, 0.29) is 11.9 Å². The average molecular weight is 211 g/mol. The summed E-state index contributed by atoms with van der Waals surface area (Å²) in [5.41, 5.74) is 0. The Labute approximate surface area is 92.1 Å². The number of morpholine rings is 1. The largest absolute Gasteiger partial charge is 0.368 e. The fraction of sp³-hybridized carbons (Fsp3) is 0.750. The van der Waals surface area contributed by atoms with Crippen LogP contribution in [0.25, 0.3) is 0 Å². The van der Waals surface area contributed by atoms with Crippen LogP contribution in [0.4, 0.5) is 0 Å². The Morgan fingerprint density at radius 3 is 3.13 bits per heavy atom. The van der Waals surface area contributed by atoms with Gasteiger partial charge in [-0.25, -0.2) is 0 Å². The van der Waals surface area contributed by atoms with Crippen LogP contribution < -0.4 is 0 Å². The summed E-state index contributed by atoms with van der Waals surface area (Å²) < 4.78 is 5.49. The highest BCUT2D eigenvalue weighted by atomic mass is 16.5. The van der Waals surface area contributed by atoms with Crippen molar-refractivity contribution in [3.8, 4) is 0 Å². The van der Waals surface area contributed by atoms with E-state index in [0.29, 0.717) is 13.0 Å². The number of carbonyl (C=O) groups is 1. The molecule has 1 rings (SSSR count). The summed E-state index contributed by atoms with van der Waals surface area (Å²) in [5, 5.41) is 0. The highest BCUT2D eigenvalue weighted by Gasteiger charge is 2.24. The Morgan fingerprint density at radius 2 is 2.47 bits per heavy atom. The molecule has 1 unspecified atom stereocenters. The van der Waals surface area contributed by atoms with Gasteiger partial charge in [-0.3, -0.25) is 9.69 Å². The van der Waals surface area contributed by atoms with Crippen LogP contribution in [-0.4, -0.2) is 43.0 Å². The molecule has 0 radical (unpaired) electrons. The number of allylic oxidation sites excluding steroid dienone is 1. The Morgan fingerprint density at radius 1 is 1.67 bits per heavy atom. The molecule has 0 spiro atoms. The number of hydrogen-bond donors (Lipinski definition) is 0. The molecule has 0 aromatic rings. The van der Waals surface area contributed by atoms with Gasteiger partial charge in [-0.05, 0) is 19.4 Å². The quantitative estimate of drug-likeness (QED) is 0.494. The number of rotatable bonds is 6. The van der Waals surface area contributed by atoms with Crippen molar-refractivity contribution in [2.45, 2.75) is 32.3 Å². The van der Waals surface area contributed by atoms with Crippen molar-refractivity contribution >= 4 is 5.78 Å². The summed E-state index contributed by atoms with van der Waals surface area (Å²) in [6.07, 6.45) is 4.09. The number of Topliss-reactive ketones (excluding diaryl/α,β-unsaturated/α-hetero) is 1. The molecule has 0 aliphatic carbocycles. The number of ketones is 1. The third-order valence-corrected chi connectivity index (χ3v) is 2.79. The van der Waals surface area contributed by atoms with E-state index in [1.54, 1.807) is 0 Å². The number of carbonyl (C=O) groups excluding carboxylic acids is 1. The minimum Gasteiger partial charge on any atom is -0.368 e. The summed E-state index contributed by atoms with van der Waals surface area (Å²) in [6, 6.07) is 0. The second kappa shape index (κ2) is 6.75. The van der Waals surface area contributed by atoms with Crippen LogP contribution in [0.2, 0.25) is 0 Å². The number of hydrogen-bond acceptors (Lipinski definition) is 3. The highest BCUT2D eigenvalue weighted by molar-refractivity contribution is 5.83.